The highest BCUT2D eigenvalue weighted by Gasteiger charge is 1.84. The summed E-state index contributed by atoms with van der Waals surface area (Å²) < 4.78 is 0. The number of rotatable bonds is 4. The number of oxime groups is 1. The van der Waals surface area contributed by atoms with Crippen LogP contribution in [0.15, 0.2) is 29.6 Å². The normalized spacial score (nSPS) is 10.4. The SMILES string of the molecule is CCOO/N=C\c1ccccn1. The maximum absolute atomic E-state index is 4.53. The van der Waals surface area contributed by atoms with Crippen LogP contribution in [-0.4, -0.2) is 17.8 Å². The van der Waals surface area contributed by atoms with Gasteiger partial charge in [0.15, 0.2) is 0 Å². The van der Waals surface area contributed by atoms with Crippen LogP contribution in [0.2, 0.25) is 0 Å². The number of hydrogen-bond acceptors (Lipinski definition) is 4. The lowest BCUT2D eigenvalue weighted by molar-refractivity contribution is -0.291. The van der Waals surface area contributed by atoms with Crippen molar-refractivity contribution in [1.29, 1.82) is 0 Å². The molecule has 0 atom stereocenters. The van der Waals surface area contributed by atoms with Gasteiger partial charge < -0.3 is 0 Å². The summed E-state index contributed by atoms with van der Waals surface area (Å²) in [5, 5.41) is 3.52. The van der Waals surface area contributed by atoms with Gasteiger partial charge in [0.05, 0.1) is 18.5 Å². The first-order chi connectivity index (χ1) is 5.93. The Morgan fingerprint density at radius 2 is 2.50 bits per heavy atom. The second-order valence-electron chi connectivity index (χ2n) is 1.97. The first-order valence-corrected chi connectivity index (χ1v) is 3.66. The molecule has 0 saturated carbocycles. The quantitative estimate of drug-likeness (QED) is 0.294. The first kappa shape index (κ1) is 8.67. The summed E-state index contributed by atoms with van der Waals surface area (Å²) in [5.41, 5.74) is 0.734. The van der Waals surface area contributed by atoms with Crippen LogP contribution in [-0.2, 0) is 9.88 Å². The van der Waals surface area contributed by atoms with Crippen LogP contribution in [0.1, 0.15) is 12.6 Å². The van der Waals surface area contributed by atoms with Gasteiger partial charge in [-0.15, -0.1) is 0 Å². The van der Waals surface area contributed by atoms with Crippen molar-refractivity contribution < 1.29 is 9.88 Å². The minimum atomic E-state index is 0.472. The van der Waals surface area contributed by atoms with E-state index in [-0.39, 0.29) is 0 Å². The topological polar surface area (TPSA) is 43.7 Å². The summed E-state index contributed by atoms with van der Waals surface area (Å²) in [4.78, 5) is 12.9. The molecule has 0 aliphatic heterocycles. The summed E-state index contributed by atoms with van der Waals surface area (Å²) in [7, 11) is 0. The van der Waals surface area contributed by atoms with Gasteiger partial charge in [-0.05, 0) is 19.1 Å². The fourth-order valence-electron chi connectivity index (χ4n) is 0.611. The van der Waals surface area contributed by atoms with Crippen molar-refractivity contribution in [2.24, 2.45) is 5.16 Å². The second kappa shape index (κ2) is 5.26. The summed E-state index contributed by atoms with van der Waals surface area (Å²) in [6, 6.07) is 5.52. The minimum absolute atomic E-state index is 0.472. The molecule has 1 aromatic rings. The third-order valence-electron chi connectivity index (χ3n) is 1.09. The average molecular weight is 166 g/mol. The third-order valence-corrected chi connectivity index (χ3v) is 1.09. The molecule has 0 aliphatic rings. The molecule has 0 aromatic carbocycles. The van der Waals surface area contributed by atoms with Gasteiger partial charge in [-0.2, -0.15) is 4.89 Å². The molecule has 12 heavy (non-hydrogen) atoms. The number of aromatic nitrogens is 1. The molecular formula is C8H10N2O2. The van der Waals surface area contributed by atoms with Gasteiger partial charge in [0.2, 0.25) is 0 Å². The zero-order valence-electron chi connectivity index (χ0n) is 6.80. The van der Waals surface area contributed by atoms with E-state index in [9.17, 15) is 0 Å². The molecule has 1 rings (SSSR count). The Morgan fingerprint density at radius 1 is 1.58 bits per heavy atom. The lowest BCUT2D eigenvalue weighted by Crippen LogP contribution is -1.89. The first-order valence-electron chi connectivity index (χ1n) is 3.66. The van der Waals surface area contributed by atoms with Crippen LogP contribution in [0.25, 0.3) is 0 Å². The van der Waals surface area contributed by atoms with E-state index in [1.165, 1.54) is 6.21 Å². The standard InChI is InChI=1S/C8H10N2O2/c1-2-11-12-10-7-8-5-3-4-6-9-8/h3-7H,2H2,1H3/b10-7-. The molecule has 0 amide bonds. The van der Waals surface area contributed by atoms with Crippen molar-refractivity contribution in [3.8, 4) is 0 Å². The third kappa shape index (κ3) is 3.12. The fourth-order valence-corrected chi connectivity index (χ4v) is 0.611. The Bertz CT molecular complexity index is 236. The molecule has 0 N–H and O–H groups in total. The van der Waals surface area contributed by atoms with E-state index in [0.717, 1.165) is 5.69 Å². The molecule has 0 aliphatic carbocycles. The Kier molecular flexibility index (Phi) is 3.80. The lowest BCUT2D eigenvalue weighted by Gasteiger charge is -1.92. The molecule has 0 radical (unpaired) electrons. The van der Waals surface area contributed by atoms with Crippen LogP contribution in [0.5, 0.6) is 0 Å². The van der Waals surface area contributed by atoms with Gasteiger partial charge >= 0.3 is 0 Å². The highest BCUT2D eigenvalue weighted by atomic mass is 17.3. The Hall–Kier alpha value is -1.42. The number of pyridine rings is 1. The van der Waals surface area contributed by atoms with Crippen molar-refractivity contribution in [2.75, 3.05) is 6.61 Å². The molecule has 0 fully saturated rings. The number of hydrogen-bond donors (Lipinski definition) is 0. The molecule has 1 aromatic heterocycles. The zero-order chi connectivity index (χ0) is 8.65. The maximum Gasteiger partial charge on any atom is 0.0959 e. The van der Waals surface area contributed by atoms with Gasteiger partial charge in [-0.3, -0.25) is 4.98 Å². The zero-order valence-corrected chi connectivity index (χ0v) is 6.80. The molecule has 4 heteroatoms. The van der Waals surface area contributed by atoms with E-state index >= 15 is 0 Å². The van der Waals surface area contributed by atoms with Crippen LogP contribution in [0, 0.1) is 0 Å². The Balaban J connectivity index is 2.36. The van der Waals surface area contributed by atoms with Crippen LogP contribution in [0.4, 0.5) is 0 Å². The van der Waals surface area contributed by atoms with Crippen LogP contribution < -0.4 is 0 Å². The van der Waals surface area contributed by atoms with Crippen molar-refractivity contribution in [3.63, 3.8) is 0 Å². The van der Waals surface area contributed by atoms with Crippen molar-refractivity contribution in [1.82, 2.24) is 4.98 Å². The maximum atomic E-state index is 4.53. The van der Waals surface area contributed by atoms with Gasteiger partial charge in [-0.25, -0.2) is 4.99 Å². The Morgan fingerprint density at radius 3 is 3.17 bits per heavy atom. The molecule has 0 bridgehead atoms. The van der Waals surface area contributed by atoms with E-state index in [2.05, 4.69) is 20.0 Å². The molecular weight excluding hydrogens is 156 g/mol. The average Bonchev–Trinajstić information content (AvgIpc) is 2.14. The van der Waals surface area contributed by atoms with E-state index in [1.54, 1.807) is 6.20 Å². The summed E-state index contributed by atoms with van der Waals surface area (Å²) >= 11 is 0. The van der Waals surface area contributed by atoms with Crippen LogP contribution in [0.3, 0.4) is 0 Å². The molecule has 4 nitrogen and oxygen atoms in total. The van der Waals surface area contributed by atoms with Crippen molar-refractivity contribution >= 4 is 6.21 Å². The fraction of sp³-hybridized carbons (Fsp3) is 0.250. The summed E-state index contributed by atoms with van der Waals surface area (Å²) in [6.07, 6.45) is 3.16. The summed E-state index contributed by atoms with van der Waals surface area (Å²) in [6.45, 7) is 2.29. The minimum Gasteiger partial charge on any atom is -0.255 e. The molecule has 0 spiro atoms. The monoisotopic (exact) mass is 166 g/mol. The van der Waals surface area contributed by atoms with E-state index in [4.69, 9.17) is 0 Å². The molecule has 0 saturated heterocycles. The van der Waals surface area contributed by atoms with Gasteiger partial charge in [0.25, 0.3) is 0 Å². The predicted octanol–water partition coefficient (Wildman–Crippen LogP) is 1.38. The van der Waals surface area contributed by atoms with Crippen molar-refractivity contribution in [3.05, 3.63) is 30.1 Å². The smallest absolute Gasteiger partial charge is 0.0959 e. The van der Waals surface area contributed by atoms with Crippen molar-refractivity contribution in [2.45, 2.75) is 6.92 Å². The van der Waals surface area contributed by atoms with Gasteiger partial charge in [0, 0.05) is 6.20 Å². The summed E-state index contributed by atoms with van der Waals surface area (Å²) in [5.74, 6) is 0. The predicted molar refractivity (Wildman–Crippen MR) is 44.5 cm³/mol. The largest absolute Gasteiger partial charge is 0.255 e. The van der Waals surface area contributed by atoms with Crippen LogP contribution >= 0.6 is 0 Å². The highest BCUT2D eigenvalue weighted by Crippen LogP contribution is 1.88. The second-order valence-corrected chi connectivity index (χ2v) is 1.97. The van der Waals surface area contributed by atoms with Gasteiger partial charge in [-0.1, -0.05) is 11.2 Å². The molecule has 64 valence electrons. The highest BCUT2D eigenvalue weighted by molar-refractivity contribution is 5.75. The van der Waals surface area contributed by atoms with E-state index in [1.807, 2.05) is 25.1 Å². The van der Waals surface area contributed by atoms with Gasteiger partial charge in [0.1, 0.15) is 0 Å². The molecule has 1 heterocycles. The lowest BCUT2D eigenvalue weighted by atomic mass is 10.4. The number of nitrogens with zero attached hydrogens (tertiary/aromatic N) is 2. The molecule has 0 unspecified atom stereocenters. The Labute approximate surface area is 70.8 Å². The van der Waals surface area contributed by atoms with E-state index in [0.29, 0.717) is 6.61 Å². The van der Waals surface area contributed by atoms with E-state index < -0.39 is 0 Å².